The number of sulfonamides is 1. The first-order valence-electron chi connectivity index (χ1n) is 10.7. The fourth-order valence-electron chi connectivity index (χ4n) is 3.85. The van der Waals surface area contributed by atoms with E-state index in [1.807, 2.05) is 30.3 Å². The first kappa shape index (κ1) is 22.1. The predicted octanol–water partition coefficient (Wildman–Crippen LogP) is 2.66. The molecule has 1 atom stereocenters. The quantitative estimate of drug-likeness (QED) is 0.588. The number of hydrogen-bond acceptors (Lipinski definition) is 6. The Balaban J connectivity index is 1.54. The van der Waals surface area contributed by atoms with Crippen LogP contribution in [0.4, 0.5) is 5.69 Å². The summed E-state index contributed by atoms with van der Waals surface area (Å²) in [5.74, 6) is -0.328. The maximum Gasteiger partial charge on any atom is 0.249 e. The lowest BCUT2D eigenvalue weighted by Crippen LogP contribution is -2.32. The molecule has 4 rings (SSSR count). The van der Waals surface area contributed by atoms with Crippen LogP contribution in [0.15, 0.2) is 65.8 Å². The Morgan fingerprint density at radius 3 is 2.44 bits per heavy atom. The van der Waals surface area contributed by atoms with Crippen LogP contribution >= 0.6 is 0 Å². The Morgan fingerprint density at radius 1 is 1.00 bits per heavy atom. The van der Waals surface area contributed by atoms with Crippen LogP contribution in [-0.2, 0) is 21.2 Å². The van der Waals surface area contributed by atoms with Crippen LogP contribution < -0.4 is 5.32 Å². The summed E-state index contributed by atoms with van der Waals surface area (Å²) in [7, 11) is -3.61. The number of tetrazole rings is 1. The van der Waals surface area contributed by atoms with Crippen LogP contribution in [0.25, 0.3) is 0 Å². The van der Waals surface area contributed by atoms with Crippen molar-refractivity contribution in [3.63, 3.8) is 0 Å². The molecule has 0 saturated carbocycles. The van der Waals surface area contributed by atoms with Crippen LogP contribution in [0, 0.1) is 0 Å². The van der Waals surface area contributed by atoms with Crippen LogP contribution in [0.5, 0.6) is 0 Å². The Morgan fingerprint density at radius 2 is 1.75 bits per heavy atom. The molecule has 1 amide bonds. The first-order valence-corrected chi connectivity index (χ1v) is 12.2. The lowest BCUT2D eigenvalue weighted by molar-refractivity contribution is -0.119. The molecule has 2 aromatic carbocycles. The zero-order valence-electron chi connectivity index (χ0n) is 17.7. The van der Waals surface area contributed by atoms with Crippen molar-refractivity contribution < 1.29 is 13.2 Å². The number of nitrogens with one attached hydrogen (secondary N) is 1. The molecule has 0 bridgehead atoms. The van der Waals surface area contributed by atoms with Crippen molar-refractivity contribution in [2.24, 2.45) is 0 Å². The van der Waals surface area contributed by atoms with E-state index in [9.17, 15) is 13.2 Å². The van der Waals surface area contributed by atoms with Crippen molar-refractivity contribution in [2.75, 3.05) is 18.4 Å². The topological polar surface area (TPSA) is 110 Å². The average molecular weight is 455 g/mol. The minimum Gasteiger partial charge on any atom is -0.324 e. The van der Waals surface area contributed by atoms with Gasteiger partial charge in [-0.05, 0) is 47.0 Å². The van der Waals surface area contributed by atoms with Gasteiger partial charge in [-0.15, -0.1) is 5.10 Å². The molecule has 0 spiro atoms. The molecule has 1 saturated heterocycles. The van der Waals surface area contributed by atoms with Gasteiger partial charge in [-0.25, -0.2) is 13.1 Å². The number of benzene rings is 2. The molecule has 0 aliphatic carbocycles. The second-order valence-corrected chi connectivity index (χ2v) is 9.77. The molecule has 1 aromatic heterocycles. The Labute approximate surface area is 187 Å². The van der Waals surface area contributed by atoms with Crippen molar-refractivity contribution in [1.82, 2.24) is 24.5 Å². The predicted molar refractivity (Wildman–Crippen MR) is 119 cm³/mol. The number of amides is 1. The van der Waals surface area contributed by atoms with Gasteiger partial charge in [-0.1, -0.05) is 49.2 Å². The van der Waals surface area contributed by atoms with Gasteiger partial charge in [-0.2, -0.15) is 4.31 Å². The molecule has 1 aliphatic heterocycles. The summed E-state index contributed by atoms with van der Waals surface area (Å²) in [4.78, 5) is 13.3. The zero-order valence-corrected chi connectivity index (χ0v) is 18.5. The van der Waals surface area contributed by atoms with Gasteiger partial charge >= 0.3 is 0 Å². The van der Waals surface area contributed by atoms with E-state index in [0.717, 1.165) is 31.2 Å². The van der Waals surface area contributed by atoms with Gasteiger partial charge in [0.2, 0.25) is 15.9 Å². The summed E-state index contributed by atoms with van der Waals surface area (Å²) in [6.07, 6.45) is 5.60. The summed E-state index contributed by atoms with van der Waals surface area (Å²) in [5, 5.41) is 14.0. The number of anilines is 1. The zero-order chi connectivity index (χ0) is 22.4. The minimum atomic E-state index is -3.61. The van der Waals surface area contributed by atoms with Gasteiger partial charge in [-0.3, -0.25) is 4.79 Å². The maximum atomic E-state index is 13.1. The van der Waals surface area contributed by atoms with E-state index in [-0.39, 0.29) is 10.8 Å². The van der Waals surface area contributed by atoms with Crippen molar-refractivity contribution in [1.29, 1.82) is 0 Å². The Hall–Kier alpha value is -3.11. The van der Waals surface area contributed by atoms with E-state index in [1.54, 1.807) is 22.5 Å². The number of carbonyl (C=O) groups excluding carboxylic acids is 1. The van der Waals surface area contributed by atoms with Gasteiger partial charge in [0.1, 0.15) is 12.4 Å². The van der Waals surface area contributed by atoms with Crippen molar-refractivity contribution in [3.05, 3.63) is 66.5 Å². The van der Waals surface area contributed by atoms with E-state index in [1.165, 1.54) is 17.1 Å². The van der Waals surface area contributed by atoms with Gasteiger partial charge in [0.05, 0.1) is 4.90 Å². The smallest absolute Gasteiger partial charge is 0.249 e. The van der Waals surface area contributed by atoms with Crippen molar-refractivity contribution in [2.45, 2.75) is 43.0 Å². The third-order valence-electron chi connectivity index (χ3n) is 5.56. The fraction of sp³-hybridized carbons (Fsp3) is 0.364. The highest BCUT2D eigenvalue weighted by molar-refractivity contribution is 7.89. The summed E-state index contributed by atoms with van der Waals surface area (Å²) in [6, 6.07) is 15.3. The first-order chi connectivity index (χ1) is 15.5. The number of hydrogen-bond donors (Lipinski definition) is 1. The molecule has 1 unspecified atom stereocenters. The van der Waals surface area contributed by atoms with E-state index in [0.29, 0.717) is 25.2 Å². The van der Waals surface area contributed by atoms with E-state index in [2.05, 4.69) is 20.8 Å². The molecule has 10 heteroatoms. The Kier molecular flexibility index (Phi) is 6.91. The normalized spacial score (nSPS) is 16.2. The maximum absolute atomic E-state index is 13.1. The molecule has 0 radical (unpaired) electrons. The SMILES string of the molecule is O=C(Nc1cccc(S(=O)(=O)N2CCCCCC2)c1)C(Cc1ccccc1)n1cnnn1. The second kappa shape index (κ2) is 10.0. The van der Waals surface area contributed by atoms with Gasteiger partial charge in [0.25, 0.3) is 0 Å². The highest BCUT2D eigenvalue weighted by Gasteiger charge is 2.26. The summed E-state index contributed by atoms with van der Waals surface area (Å²) >= 11 is 0. The lowest BCUT2D eigenvalue weighted by Gasteiger charge is -2.21. The molecule has 3 aromatic rings. The van der Waals surface area contributed by atoms with Gasteiger partial charge in [0.15, 0.2) is 0 Å². The third-order valence-corrected chi connectivity index (χ3v) is 7.46. The number of aromatic nitrogens is 4. The van der Waals surface area contributed by atoms with Crippen LogP contribution in [-0.4, -0.2) is 51.9 Å². The summed E-state index contributed by atoms with van der Waals surface area (Å²) < 4.78 is 29.2. The molecule has 1 aliphatic rings. The largest absolute Gasteiger partial charge is 0.324 e. The van der Waals surface area contributed by atoms with Crippen LogP contribution in [0.2, 0.25) is 0 Å². The minimum absolute atomic E-state index is 0.180. The van der Waals surface area contributed by atoms with Crippen molar-refractivity contribution in [3.8, 4) is 0 Å². The molecule has 1 N–H and O–H groups in total. The Bertz CT molecular complexity index is 1130. The number of carbonyl (C=O) groups is 1. The monoisotopic (exact) mass is 454 g/mol. The molecular formula is C22H26N6O3S. The third kappa shape index (κ3) is 5.20. The van der Waals surface area contributed by atoms with Gasteiger partial charge < -0.3 is 5.32 Å². The fourth-order valence-corrected chi connectivity index (χ4v) is 5.41. The molecule has 1 fully saturated rings. The van der Waals surface area contributed by atoms with Crippen LogP contribution in [0.3, 0.4) is 0 Å². The molecule has 32 heavy (non-hydrogen) atoms. The highest BCUT2D eigenvalue weighted by atomic mass is 32.2. The molecule has 168 valence electrons. The van der Waals surface area contributed by atoms with Crippen LogP contribution in [0.1, 0.15) is 37.3 Å². The number of rotatable bonds is 7. The average Bonchev–Trinajstić information content (AvgIpc) is 3.19. The number of nitrogens with zero attached hydrogens (tertiary/aromatic N) is 5. The highest BCUT2D eigenvalue weighted by Crippen LogP contribution is 2.24. The summed E-state index contributed by atoms with van der Waals surface area (Å²) in [5.41, 5.74) is 1.37. The molecule has 2 heterocycles. The van der Waals surface area contributed by atoms with E-state index in [4.69, 9.17) is 0 Å². The standard InChI is InChI=1S/C22H26N6O3S/c29-22(21(28-17-23-25-26-28)15-18-9-4-3-5-10-18)24-19-11-8-12-20(16-19)32(30,31)27-13-6-1-2-7-14-27/h3-5,8-12,16-17,21H,1-2,6-7,13-15H2,(H,24,29). The summed E-state index contributed by atoms with van der Waals surface area (Å²) in [6.45, 7) is 1.05. The van der Waals surface area contributed by atoms with Crippen molar-refractivity contribution >= 4 is 21.6 Å². The molecule has 9 nitrogen and oxygen atoms in total. The van der Waals surface area contributed by atoms with E-state index < -0.39 is 16.1 Å². The van der Waals surface area contributed by atoms with E-state index >= 15 is 0 Å². The van der Waals surface area contributed by atoms with Gasteiger partial charge in [0, 0.05) is 25.2 Å². The second-order valence-electron chi connectivity index (χ2n) is 7.83. The lowest BCUT2D eigenvalue weighted by atomic mass is 10.1. The molecular weight excluding hydrogens is 428 g/mol.